The van der Waals surface area contributed by atoms with Gasteiger partial charge in [-0.1, -0.05) is 18.2 Å². The van der Waals surface area contributed by atoms with Crippen molar-refractivity contribution < 1.29 is 9.53 Å². The summed E-state index contributed by atoms with van der Waals surface area (Å²) in [5.74, 6) is 2.43. The van der Waals surface area contributed by atoms with E-state index in [4.69, 9.17) is 4.74 Å². The second-order valence-electron chi connectivity index (χ2n) is 6.28. The molecule has 0 atom stereocenters. The first-order chi connectivity index (χ1) is 12.8. The van der Waals surface area contributed by atoms with Crippen molar-refractivity contribution in [1.29, 1.82) is 0 Å². The molecule has 2 aromatic carbocycles. The minimum Gasteiger partial charge on any atom is -0.484 e. The van der Waals surface area contributed by atoms with Crippen LogP contribution in [0.4, 0.5) is 5.69 Å². The number of hydrogen-bond donors (Lipinski definition) is 1. The van der Waals surface area contributed by atoms with Gasteiger partial charge in [-0.25, -0.2) is 0 Å². The van der Waals surface area contributed by atoms with Gasteiger partial charge in [-0.2, -0.15) is 0 Å². The summed E-state index contributed by atoms with van der Waals surface area (Å²) in [6.07, 6.45) is 3.32. The summed E-state index contributed by atoms with van der Waals surface area (Å²) in [6.45, 7) is 0.941. The highest BCUT2D eigenvalue weighted by molar-refractivity contribution is 5.92. The molecule has 4 rings (SSSR count). The lowest BCUT2D eigenvalue weighted by Crippen LogP contribution is -2.20. The highest BCUT2D eigenvalue weighted by Gasteiger charge is 2.16. The van der Waals surface area contributed by atoms with Crippen molar-refractivity contribution in [1.82, 2.24) is 14.8 Å². The fourth-order valence-electron chi connectivity index (χ4n) is 3.09. The number of nitrogens with zero attached hydrogens (tertiary/aromatic N) is 3. The number of aryl methyl sites for hydroxylation is 1. The number of fused-ring (bicyclic) bond motifs is 1. The molecule has 2 heterocycles. The van der Waals surface area contributed by atoms with Gasteiger partial charge in [-0.05, 0) is 49.2 Å². The van der Waals surface area contributed by atoms with Gasteiger partial charge in [0, 0.05) is 24.2 Å². The highest BCUT2D eigenvalue weighted by atomic mass is 16.5. The van der Waals surface area contributed by atoms with Crippen LogP contribution in [-0.4, -0.2) is 27.3 Å². The first-order valence-electron chi connectivity index (χ1n) is 8.80. The number of ether oxygens (including phenoxy) is 1. The molecule has 6 heteroatoms. The number of amides is 1. The number of aromatic nitrogens is 3. The fourth-order valence-corrected chi connectivity index (χ4v) is 3.09. The van der Waals surface area contributed by atoms with Crippen molar-refractivity contribution in [3.63, 3.8) is 0 Å². The van der Waals surface area contributed by atoms with Crippen LogP contribution in [0.25, 0.3) is 11.4 Å². The lowest BCUT2D eigenvalue weighted by molar-refractivity contribution is -0.118. The number of benzene rings is 2. The Morgan fingerprint density at radius 3 is 2.65 bits per heavy atom. The Balaban J connectivity index is 1.38. The molecule has 0 aliphatic carbocycles. The van der Waals surface area contributed by atoms with Crippen molar-refractivity contribution in [2.45, 2.75) is 25.8 Å². The monoisotopic (exact) mass is 348 g/mol. The maximum Gasteiger partial charge on any atom is 0.262 e. The number of hydrogen-bond acceptors (Lipinski definition) is 4. The predicted molar refractivity (Wildman–Crippen MR) is 99.0 cm³/mol. The molecule has 26 heavy (non-hydrogen) atoms. The second-order valence-corrected chi connectivity index (χ2v) is 6.28. The number of carbonyl (C=O) groups excluding carboxylic acids is 1. The van der Waals surface area contributed by atoms with E-state index in [0.29, 0.717) is 5.75 Å². The van der Waals surface area contributed by atoms with Crippen molar-refractivity contribution >= 4 is 11.6 Å². The zero-order valence-electron chi connectivity index (χ0n) is 14.4. The molecule has 0 unspecified atom stereocenters. The Hall–Kier alpha value is -3.15. The smallest absolute Gasteiger partial charge is 0.262 e. The van der Waals surface area contributed by atoms with Crippen LogP contribution in [0, 0.1) is 0 Å². The van der Waals surface area contributed by atoms with Crippen LogP contribution in [0.5, 0.6) is 5.75 Å². The average Bonchev–Trinajstić information content (AvgIpc) is 3.12. The normalized spacial score (nSPS) is 13.1. The van der Waals surface area contributed by atoms with Crippen LogP contribution < -0.4 is 10.1 Å². The molecule has 0 saturated heterocycles. The molecule has 1 amide bonds. The number of nitrogens with one attached hydrogen (secondary N) is 1. The van der Waals surface area contributed by atoms with E-state index in [0.717, 1.165) is 42.3 Å². The van der Waals surface area contributed by atoms with E-state index >= 15 is 0 Å². The van der Waals surface area contributed by atoms with Crippen molar-refractivity contribution in [3.8, 4) is 17.1 Å². The maximum atomic E-state index is 12.0. The third kappa shape index (κ3) is 3.59. The van der Waals surface area contributed by atoms with Crippen LogP contribution in [0.3, 0.4) is 0 Å². The molecule has 132 valence electrons. The minimum atomic E-state index is -0.193. The van der Waals surface area contributed by atoms with E-state index in [1.54, 1.807) is 0 Å². The maximum absolute atomic E-state index is 12.0. The van der Waals surface area contributed by atoms with Crippen LogP contribution >= 0.6 is 0 Å². The number of para-hydroxylation sites is 1. The molecule has 0 spiro atoms. The Morgan fingerprint density at radius 1 is 1.04 bits per heavy atom. The number of anilines is 1. The molecular formula is C20H20N4O2. The van der Waals surface area contributed by atoms with E-state index in [1.807, 2.05) is 54.6 Å². The molecule has 0 bridgehead atoms. The highest BCUT2D eigenvalue weighted by Crippen LogP contribution is 2.24. The van der Waals surface area contributed by atoms with Crippen LogP contribution in [0.1, 0.15) is 18.7 Å². The molecule has 1 aliphatic rings. The van der Waals surface area contributed by atoms with E-state index in [2.05, 4.69) is 20.1 Å². The molecule has 0 saturated carbocycles. The topological polar surface area (TPSA) is 69.0 Å². The summed E-state index contributed by atoms with van der Waals surface area (Å²) in [5, 5.41) is 11.5. The molecule has 3 aromatic rings. The third-order valence-corrected chi connectivity index (χ3v) is 4.40. The largest absolute Gasteiger partial charge is 0.484 e. The quantitative estimate of drug-likeness (QED) is 0.768. The van der Waals surface area contributed by atoms with E-state index in [-0.39, 0.29) is 12.5 Å². The van der Waals surface area contributed by atoms with Gasteiger partial charge in [0.05, 0.1) is 0 Å². The summed E-state index contributed by atoms with van der Waals surface area (Å²) in [5.41, 5.74) is 1.73. The van der Waals surface area contributed by atoms with Gasteiger partial charge in [0.1, 0.15) is 11.6 Å². The van der Waals surface area contributed by atoms with Crippen LogP contribution in [0.2, 0.25) is 0 Å². The van der Waals surface area contributed by atoms with E-state index in [1.165, 1.54) is 6.42 Å². The first-order valence-corrected chi connectivity index (χ1v) is 8.80. The Labute approximate surface area is 151 Å². The van der Waals surface area contributed by atoms with Crippen LogP contribution in [-0.2, 0) is 17.8 Å². The summed E-state index contributed by atoms with van der Waals surface area (Å²) in [7, 11) is 0. The van der Waals surface area contributed by atoms with Crippen molar-refractivity contribution in [2.75, 3.05) is 11.9 Å². The van der Waals surface area contributed by atoms with Gasteiger partial charge in [-0.15, -0.1) is 10.2 Å². The average molecular weight is 348 g/mol. The zero-order chi connectivity index (χ0) is 17.8. The van der Waals surface area contributed by atoms with E-state index in [9.17, 15) is 4.79 Å². The van der Waals surface area contributed by atoms with Gasteiger partial charge in [0.25, 0.3) is 5.91 Å². The summed E-state index contributed by atoms with van der Waals surface area (Å²) in [4.78, 5) is 12.0. The van der Waals surface area contributed by atoms with Crippen molar-refractivity contribution in [3.05, 3.63) is 60.4 Å². The predicted octanol–water partition coefficient (Wildman–Crippen LogP) is 3.30. The number of carbonyl (C=O) groups is 1. The summed E-state index contributed by atoms with van der Waals surface area (Å²) in [6, 6.07) is 17.0. The third-order valence-electron chi connectivity index (χ3n) is 4.40. The summed E-state index contributed by atoms with van der Waals surface area (Å²) >= 11 is 0. The molecule has 1 aromatic heterocycles. The molecule has 0 radical (unpaired) electrons. The Kier molecular flexibility index (Phi) is 4.64. The Bertz CT molecular complexity index is 888. The zero-order valence-corrected chi connectivity index (χ0v) is 14.4. The molecular weight excluding hydrogens is 328 g/mol. The summed E-state index contributed by atoms with van der Waals surface area (Å²) < 4.78 is 7.64. The van der Waals surface area contributed by atoms with Gasteiger partial charge >= 0.3 is 0 Å². The molecule has 6 nitrogen and oxygen atoms in total. The van der Waals surface area contributed by atoms with E-state index < -0.39 is 0 Å². The van der Waals surface area contributed by atoms with Gasteiger partial charge in [-0.3, -0.25) is 4.79 Å². The van der Waals surface area contributed by atoms with Crippen molar-refractivity contribution in [2.24, 2.45) is 0 Å². The minimum absolute atomic E-state index is 0.0244. The second kappa shape index (κ2) is 7.39. The number of rotatable bonds is 5. The standard InChI is InChI=1S/C20H20N4O2/c25-19(14-26-17-6-2-1-3-7-17)21-16-11-9-15(10-12-16)20-23-22-18-8-4-5-13-24(18)20/h1-3,6-7,9-12H,4-5,8,13-14H2,(H,21,25). The lowest BCUT2D eigenvalue weighted by atomic mass is 10.1. The first kappa shape index (κ1) is 16.3. The fraction of sp³-hybridized carbons (Fsp3) is 0.250. The lowest BCUT2D eigenvalue weighted by Gasteiger charge is -2.14. The van der Waals surface area contributed by atoms with Gasteiger partial charge in [0.15, 0.2) is 12.4 Å². The molecule has 1 aliphatic heterocycles. The Morgan fingerprint density at radius 2 is 1.85 bits per heavy atom. The van der Waals surface area contributed by atoms with Crippen LogP contribution in [0.15, 0.2) is 54.6 Å². The molecule has 1 N–H and O–H groups in total. The SMILES string of the molecule is O=C(COc1ccccc1)Nc1ccc(-c2nnc3n2CCCC3)cc1. The van der Waals surface area contributed by atoms with Gasteiger partial charge in [0.2, 0.25) is 0 Å². The molecule has 0 fully saturated rings. The van der Waals surface area contributed by atoms with Gasteiger partial charge < -0.3 is 14.6 Å².